The Bertz CT molecular complexity index is 632. The highest BCUT2D eigenvalue weighted by Crippen LogP contribution is 2.39. The predicted molar refractivity (Wildman–Crippen MR) is 86.7 cm³/mol. The fraction of sp³-hybridized carbons (Fsp3) is 0.412. The largest absolute Gasteiger partial charge is 0.358 e. The van der Waals surface area contributed by atoms with E-state index in [1.165, 1.54) is 51.9 Å². The summed E-state index contributed by atoms with van der Waals surface area (Å²) in [7, 11) is 0. The maximum absolute atomic E-state index is 4.63. The van der Waals surface area contributed by atoms with E-state index in [9.17, 15) is 0 Å². The van der Waals surface area contributed by atoms with Crippen LogP contribution < -0.4 is 0 Å². The van der Waals surface area contributed by atoms with E-state index in [0.29, 0.717) is 0 Å². The minimum Gasteiger partial charge on any atom is -0.358 e. The van der Waals surface area contributed by atoms with Crippen LogP contribution in [0, 0.1) is 12.8 Å². The van der Waals surface area contributed by atoms with Gasteiger partial charge in [0.05, 0.1) is 0 Å². The molecule has 0 unspecified atom stereocenters. The second-order valence-electron chi connectivity index (χ2n) is 5.63. The molecule has 0 saturated heterocycles. The summed E-state index contributed by atoms with van der Waals surface area (Å²) in [6, 6.07) is 6.72. The molecule has 1 fully saturated rings. The van der Waals surface area contributed by atoms with Gasteiger partial charge in [-0.2, -0.15) is 0 Å². The van der Waals surface area contributed by atoms with E-state index in [1.807, 2.05) is 0 Å². The average Bonchev–Trinajstić information content (AvgIpc) is 3.15. The van der Waals surface area contributed by atoms with Crippen LogP contribution in [-0.2, 0) is 6.42 Å². The van der Waals surface area contributed by atoms with E-state index in [1.54, 1.807) is 0 Å². The van der Waals surface area contributed by atoms with Gasteiger partial charge < -0.3 is 4.98 Å². The summed E-state index contributed by atoms with van der Waals surface area (Å²) in [6.45, 7) is 4.42. The van der Waals surface area contributed by atoms with Crippen molar-refractivity contribution in [3.63, 3.8) is 0 Å². The van der Waals surface area contributed by atoms with Gasteiger partial charge in [-0.25, -0.2) is 0 Å². The Morgan fingerprint density at radius 1 is 1.42 bits per heavy atom. The van der Waals surface area contributed by atoms with Gasteiger partial charge in [-0.05, 0) is 65.7 Å². The number of allylic oxidation sites excluding steroid dienone is 1. The molecule has 1 aliphatic carbocycles. The van der Waals surface area contributed by atoms with Crippen molar-refractivity contribution in [1.82, 2.24) is 4.98 Å². The van der Waals surface area contributed by atoms with Crippen molar-refractivity contribution in [2.45, 2.75) is 39.5 Å². The lowest BCUT2D eigenvalue weighted by molar-refractivity contribution is 0.896. The molecule has 1 aliphatic rings. The molecule has 0 atom stereocenters. The van der Waals surface area contributed by atoms with Crippen LogP contribution in [0.3, 0.4) is 0 Å². The van der Waals surface area contributed by atoms with Crippen molar-refractivity contribution < 1.29 is 0 Å². The Balaban J connectivity index is 2.01. The van der Waals surface area contributed by atoms with Gasteiger partial charge in [-0.15, -0.1) is 12.6 Å². The Morgan fingerprint density at radius 2 is 2.21 bits per heavy atom. The second-order valence-corrected chi connectivity index (χ2v) is 6.15. The molecule has 3 rings (SSSR count). The zero-order valence-corrected chi connectivity index (χ0v) is 12.6. The topological polar surface area (TPSA) is 15.8 Å². The van der Waals surface area contributed by atoms with E-state index in [4.69, 9.17) is 0 Å². The number of hydrogen-bond acceptors (Lipinski definition) is 1. The molecular weight excluding hydrogens is 250 g/mol. The number of aromatic nitrogens is 1. The first kappa shape index (κ1) is 12.9. The SMILES string of the molecule is CCCc1cc2ccc(/C=C(\S)C3CC3)c(C)c2[nH]1. The van der Waals surface area contributed by atoms with Crippen molar-refractivity contribution >= 4 is 29.6 Å². The summed E-state index contributed by atoms with van der Waals surface area (Å²) < 4.78 is 0. The van der Waals surface area contributed by atoms with E-state index in [2.05, 4.69) is 55.7 Å². The van der Waals surface area contributed by atoms with Crippen LogP contribution >= 0.6 is 12.6 Å². The molecule has 1 aromatic carbocycles. The number of aryl methyl sites for hydroxylation is 2. The zero-order valence-electron chi connectivity index (χ0n) is 11.7. The van der Waals surface area contributed by atoms with E-state index < -0.39 is 0 Å². The van der Waals surface area contributed by atoms with Gasteiger partial charge in [0.25, 0.3) is 0 Å². The lowest BCUT2D eigenvalue weighted by Crippen LogP contribution is -1.86. The molecule has 1 N–H and O–H groups in total. The van der Waals surface area contributed by atoms with Gasteiger partial charge in [0, 0.05) is 11.2 Å². The van der Waals surface area contributed by atoms with Crippen LogP contribution in [0.25, 0.3) is 17.0 Å². The van der Waals surface area contributed by atoms with Crippen molar-refractivity contribution in [2.75, 3.05) is 0 Å². The van der Waals surface area contributed by atoms with Gasteiger partial charge in [0.1, 0.15) is 0 Å². The summed E-state index contributed by atoms with van der Waals surface area (Å²) in [5.41, 5.74) is 5.27. The summed E-state index contributed by atoms with van der Waals surface area (Å²) in [6.07, 6.45) is 7.16. The Kier molecular flexibility index (Phi) is 3.44. The molecule has 2 aromatic rings. The molecule has 1 saturated carbocycles. The summed E-state index contributed by atoms with van der Waals surface area (Å²) >= 11 is 4.63. The predicted octanol–water partition coefficient (Wildman–Crippen LogP) is 5.11. The maximum atomic E-state index is 4.63. The molecular formula is C17H21NS. The third kappa shape index (κ3) is 2.59. The Morgan fingerprint density at radius 3 is 2.89 bits per heavy atom. The van der Waals surface area contributed by atoms with Gasteiger partial charge in [-0.1, -0.05) is 25.5 Å². The van der Waals surface area contributed by atoms with Crippen LogP contribution in [0.2, 0.25) is 0 Å². The van der Waals surface area contributed by atoms with Crippen LogP contribution in [0.1, 0.15) is 43.0 Å². The molecule has 0 spiro atoms. The van der Waals surface area contributed by atoms with Crippen LogP contribution in [-0.4, -0.2) is 4.98 Å². The molecule has 19 heavy (non-hydrogen) atoms. The van der Waals surface area contributed by atoms with E-state index in [-0.39, 0.29) is 0 Å². The number of H-pyrrole nitrogens is 1. The normalized spacial score (nSPS) is 16.3. The number of aromatic amines is 1. The first-order chi connectivity index (χ1) is 9.19. The van der Waals surface area contributed by atoms with Crippen molar-refractivity contribution in [2.24, 2.45) is 5.92 Å². The van der Waals surface area contributed by atoms with E-state index in [0.717, 1.165) is 12.3 Å². The molecule has 1 heterocycles. The molecule has 0 bridgehead atoms. The first-order valence-electron chi connectivity index (χ1n) is 7.20. The molecule has 0 radical (unpaired) electrons. The number of thiol groups is 1. The number of benzene rings is 1. The van der Waals surface area contributed by atoms with Crippen molar-refractivity contribution in [3.8, 4) is 0 Å². The fourth-order valence-electron chi connectivity index (χ4n) is 2.64. The third-order valence-electron chi connectivity index (χ3n) is 3.97. The van der Waals surface area contributed by atoms with Gasteiger partial charge in [-0.3, -0.25) is 0 Å². The molecule has 1 nitrogen and oxygen atoms in total. The number of hydrogen-bond donors (Lipinski definition) is 2. The summed E-state index contributed by atoms with van der Waals surface area (Å²) in [5.74, 6) is 0.720. The lowest BCUT2D eigenvalue weighted by atomic mass is 10.0. The highest BCUT2D eigenvalue weighted by atomic mass is 32.1. The highest BCUT2D eigenvalue weighted by molar-refractivity contribution is 7.84. The van der Waals surface area contributed by atoms with Crippen molar-refractivity contribution in [1.29, 1.82) is 0 Å². The van der Waals surface area contributed by atoms with Crippen LogP contribution in [0.5, 0.6) is 0 Å². The number of rotatable bonds is 4. The van der Waals surface area contributed by atoms with Gasteiger partial charge in [0.2, 0.25) is 0 Å². The second kappa shape index (κ2) is 5.09. The summed E-state index contributed by atoms with van der Waals surface area (Å²) in [5, 5.41) is 1.32. The van der Waals surface area contributed by atoms with Gasteiger partial charge >= 0.3 is 0 Å². The zero-order chi connectivity index (χ0) is 13.4. The quantitative estimate of drug-likeness (QED) is 0.719. The molecule has 0 amide bonds. The van der Waals surface area contributed by atoms with Crippen LogP contribution in [0.4, 0.5) is 0 Å². The smallest absolute Gasteiger partial charge is 0.0491 e. The molecule has 100 valence electrons. The summed E-state index contributed by atoms with van der Waals surface area (Å²) in [4.78, 5) is 4.81. The van der Waals surface area contributed by atoms with E-state index >= 15 is 0 Å². The number of fused-ring (bicyclic) bond motifs is 1. The lowest BCUT2D eigenvalue weighted by Gasteiger charge is -2.04. The standard InChI is InChI=1S/C17H21NS/c1-3-4-15-9-14-8-7-13(11(2)17(14)18-15)10-16(19)12-5-6-12/h7-10,12,18-19H,3-6H2,1-2H3/b16-10-. The third-order valence-corrected chi connectivity index (χ3v) is 4.47. The average molecular weight is 271 g/mol. The number of nitrogens with one attached hydrogen (secondary N) is 1. The first-order valence-corrected chi connectivity index (χ1v) is 7.65. The van der Waals surface area contributed by atoms with Gasteiger partial charge in [0.15, 0.2) is 0 Å². The monoisotopic (exact) mass is 271 g/mol. The minimum atomic E-state index is 0.720. The fourth-order valence-corrected chi connectivity index (χ4v) is 3.03. The molecule has 0 aliphatic heterocycles. The molecule has 2 heteroatoms. The Hall–Kier alpha value is -1.15. The van der Waals surface area contributed by atoms with Crippen LogP contribution in [0.15, 0.2) is 23.1 Å². The minimum absolute atomic E-state index is 0.720. The highest BCUT2D eigenvalue weighted by Gasteiger charge is 2.23. The molecule has 1 aromatic heterocycles. The Labute approximate surface area is 120 Å². The maximum Gasteiger partial charge on any atom is 0.0491 e. The van der Waals surface area contributed by atoms with Crippen molar-refractivity contribution in [3.05, 3.63) is 39.9 Å².